The number of carbonyl (C=O) groups is 2. The number of nitrogens with zero attached hydrogens (tertiary/aromatic N) is 1. The summed E-state index contributed by atoms with van der Waals surface area (Å²) in [5.41, 5.74) is -0.862. The van der Waals surface area contributed by atoms with Crippen LogP contribution in [0, 0.1) is 5.82 Å². The molecule has 1 aliphatic heterocycles. The Morgan fingerprint density at radius 1 is 1.20 bits per heavy atom. The molecule has 1 aliphatic carbocycles. The molecule has 0 unspecified atom stereocenters. The SMILES string of the molecule is CC1(S(=O)(=O)NC(=O)c2ccc(C(=O)O)c(F)c2N2CCCC2)CC1. The first-order chi connectivity index (χ1) is 11.7. The van der Waals surface area contributed by atoms with Crippen LogP contribution in [0.2, 0.25) is 0 Å². The lowest BCUT2D eigenvalue weighted by Crippen LogP contribution is -2.39. The molecule has 136 valence electrons. The molecule has 0 spiro atoms. The molecule has 25 heavy (non-hydrogen) atoms. The predicted octanol–water partition coefficient (Wildman–Crippen LogP) is 1.74. The molecule has 1 amide bonds. The van der Waals surface area contributed by atoms with Crippen molar-refractivity contribution in [2.24, 2.45) is 0 Å². The molecule has 2 N–H and O–H groups in total. The van der Waals surface area contributed by atoms with E-state index in [1.165, 1.54) is 13.0 Å². The summed E-state index contributed by atoms with van der Waals surface area (Å²) in [6.07, 6.45) is 2.49. The fraction of sp³-hybridized carbons (Fsp3) is 0.500. The van der Waals surface area contributed by atoms with Gasteiger partial charge in [0.1, 0.15) is 0 Å². The van der Waals surface area contributed by atoms with E-state index in [2.05, 4.69) is 0 Å². The largest absolute Gasteiger partial charge is 0.478 e. The number of hydrogen-bond donors (Lipinski definition) is 2. The third-order valence-electron chi connectivity index (χ3n) is 4.84. The molecule has 0 atom stereocenters. The van der Waals surface area contributed by atoms with Gasteiger partial charge >= 0.3 is 5.97 Å². The second kappa shape index (κ2) is 5.98. The molecule has 0 aromatic heterocycles. The third-order valence-corrected chi connectivity index (χ3v) is 7.00. The predicted molar refractivity (Wildman–Crippen MR) is 88.8 cm³/mol. The van der Waals surface area contributed by atoms with Crippen LogP contribution in [0.25, 0.3) is 0 Å². The van der Waals surface area contributed by atoms with Crippen LogP contribution in [0.15, 0.2) is 12.1 Å². The minimum atomic E-state index is -3.87. The number of amides is 1. The van der Waals surface area contributed by atoms with Crippen molar-refractivity contribution < 1.29 is 27.5 Å². The Morgan fingerprint density at radius 2 is 1.76 bits per heavy atom. The van der Waals surface area contributed by atoms with Crippen LogP contribution in [0.5, 0.6) is 0 Å². The van der Waals surface area contributed by atoms with E-state index in [1.807, 2.05) is 4.72 Å². The number of sulfonamides is 1. The van der Waals surface area contributed by atoms with E-state index in [4.69, 9.17) is 5.11 Å². The summed E-state index contributed by atoms with van der Waals surface area (Å²) < 4.78 is 40.3. The monoisotopic (exact) mass is 370 g/mol. The zero-order chi connectivity index (χ0) is 18.4. The Bertz CT molecular complexity index is 842. The molecule has 1 saturated carbocycles. The van der Waals surface area contributed by atoms with Gasteiger partial charge in [-0.15, -0.1) is 0 Å². The summed E-state index contributed by atoms with van der Waals surface area (Å²) in [6, 6.07) is 2.15. The number of aromatic carboxylic acids is 1. The molecular weight excluding hydrogens is 351 g/mol. The number of carboxylic acid groups (broad SMARTS) is 1. The maximum absolute atomic E-state index is 14.7. The molecule has 2 fully saturated rings. The molecule has 3 rings (SSSR count). The van der Waals surface area contributed by atoms with E-state index in [9.17, 15) is 22.4 Å². The van der Waals surface area contributed by atoms with E-state index < -0.39 is 38.0 Å². The lowest BCUT2D eigenvalue weighted by Gasteiger charge is -2.23. The van der Waals surface area contributed by atoms with E-state index in [-0.39, 0.29) is 11.3 Å². The third kappa shape index (κ3) is 3.08. The van der Waals surface area contributed by atoms with Gasteiger partial charge in [0.2, 0.25) is 10.0 Å². The number of halogens is 1. The fourth-order valence-corrected chi connectivity index (χ4v) is 4.15. The van der Waals surface area contributed by atoms with Gasteiger partial charge in [-0.05, 0) is 44.7 Å². The summed E-state index contributed by atoms with van der Waals surface area (Å²) in [5.74, 6) is -3.40. The number of carbonyl (C=O) groups excluding carboxylic acids is 1. The topological polar surface area (TPSA) is 104 Å². The Balaban J connectivity index is 2.01. The van der Waals surface area contributed by atoms with Gasteiger partial charge in [0, 0.05) is 13.1 Å². The second-order valence-electron chi connectivity index (χ2n) is 6.71. The Hall–Kier alpha value is -2.16. The first kappa shape index (κ1) is 17.7. The maximum Gasteiger partial charge on any atom is 0.338 e. The van der Waals surface area contributed by atoms with Gasteiger partial charge in [0.05, 0.1) is 21.6 Å². The van der Waals surface area contributed by atoms with Gasteiger partial charge < -0.3 is 10.0 Å². The second-order valence-corrected chi connectivity index (χ2v) is 8.90. The van der Waals surface area contributed by atoms with E-state index >= 15 is 0 Å². The summed E-state index contributed by atoms with van der Waals surface area (Å²) in [5, 5.41) is 9.11. The zero-order valence-electron chi connectivity index (χ0n) is 13.7. The van der Waals surface area contributed by atoms with Gasteiger partial charge in [0.25, 0.3) is 5.91 Å². The minimum absolute atomic E-state index is 0.147. The van der Waals surface area contributed by atoms with Gasteiger partial charge in [-0.2, -0.15) is 0 Å². The Kier molecular flexibility index (Phi) is 4.22. The van der Waals surface area contributed by atoms with Gasteiger partial charge in [-0.25, -0.2) is 22.3 Å². The number of nitrogens with one attached hydrogen (secondary N) is 1. The molecule has 1 heterocycles. The van der Waals surface area contributed by atoms with E-state index in [0.717, 1.165) is 18.9 Å². The minimum Gasteiger partial charge on any atom is -0.478 e. The maximum atomic E-state index is 14.7. The van der Waals surface area contributed by atoms with Crippen LogP contribution in [0.4, 0.5) is 10.1 Å². The van der Waals surface area contributed by atoms with Crippen molar-refractivity contribution in [3.63, 3.8) is 0 Å². The molecule has 9 heteroatoms. The lowest BCUT2D eigenvalue weighted by molar-refractivity contribution is 0.0691. The van der Waals surface area contributed by atoms with Crippen molar-refractivity contribution >= 4 is 27.6 Å². The van der Waals surface area contributed by atoms with E-state index in [1.54, 1.807) is 4.90 Å². The highest BCUT2D eigenvalue weighted by atomic mass is 32.2. The van der Waals surface area contributed by atoms with Crippen LogP contribution < -0.4 is 9.62 Å². The molecule has 0 radical (unpaired) electrons. The number of hydrogen-bond acceptors (Lipinski definition) is 5. The Labute approximate surface area is 144 Å². The highest BCUT2D eigenvalue weighted by Crippen LogP contribution is 2.42. The van der Waals surface area contributed by atoms with Crippen molar-refractivity contribution in [3.05, 3.63) is 29.1 Å². The van der Waals surface area contributed by atoms with Crippen molar-refractivity contribution in [2.75, 3.05) is 18.0 Å². The average molecular weight is 370 g/mol. The number of benzene rings is 1. The van der Waals surface area contributed by atoms with Crippen LogP contribution in [-0.2, 0) is 10.0 Å². The van der Waals surface area contributed by atoms with E-state index in [0.29, 0.717) is 25.9 Å². The molecule has 1 saturated heterocycles. The Morgan fingerprint density at radius 3 is 2.28 bits per heavy atom. The summed E-state index contributed by atoms with van der Waals surface area (Å²) in [6.45, 7) is 2.49. The number of carboxylic acids is 1. The summed E-state index contributed by atoms with van der Waals surface area (Å²) in [7, 11) is -3.87. The molecule has 0 bridgehead atoms. The van der Waals surface area contributed by atoms with Crippen LogP contribution >= 0.6 is 0 Å². The van der Waals surface area contributed by atoms with Crippen molar-refractivity contribution in [1.29, 1.82) is 0 Å². The number of rotatable bonds is 5. The first-order valence-electron chi connectivity index (χ1n) is 8.04. The van der Waals surface area contributed by atoms with Gasteiger partial charge in [-0.3, -0.25) is 4.79 Å². The average Bonchev–Trinajstić information content (AvgIpc) is 3.08. The first-order valence-corrected chi connectivity index (χ1v) is 9.52. The smallest absolute Gasteiger partial charge is 0.338 e. The fourth-order valence-electron chi connectivity index (χ4n) is 2.91. The molecular formula is C16H19FN2O5S. The zero-order valence-corrected chi connectivity index (χ0v) is 14.5. The quantitative estimate of drug-likeness (QED) is 0.818. The highest BCUT2D eigenvalue weighted by Gasteiger charge is 2.51. The van der Waals surface area contributed by atoms with Crippen LogP contribution in [0.3, 0.4) is 0 Å². The van der Waals surface area contributed by atoms with Crippen LogP contribution in [-0.4, -0.2) is 43.2 Å². The lowest BCUT2D eigenvalue weighted by atomic mass is 10.1. The van der Waals surface area contributed by atoms with Gasteiger partial charge in [-0.1, -0.05) is 0 Å². The summed E-state index contributed by atoms with van der Waals surface area (Å²) >= 11 is 0. The molecule has 2 aliphatic rings. The van der Waals surface area contributed by atoms with Crippen molar-refractivity contribution in [2.45, 2.75) is 37.4 Å². The molecule has 1 aromatic carbocycles. The normalized spacial score (nSPS) is 18.9. The molecule has 7 nitrogen and oxygen atoms in total. The number of anilines is 1. The van der Waals surface area contributed by atoms with Gasteiger partial charge in [0.15, 0.2) is 5.82 Å². The van der Waals surface area contributed by atoms with Crippen LogP contribution in [0.1, 0.15) is 53.3 Å². The standard InChI is InChI=1S/C16H19FN2O5S/c1-16(6-7-16)25(23,24)18-14(20)11-5-4-10(15(21)22)12(17)13(11)19-8-2-3-9-19/h4-5H,2-3,6-9H2,1H3,(H,18,20)(H,21,22). The van der Waals surface area contributed by atoms with Crippen molar-refractivity contribution in [3.8, 4) is 0 Å². The highest BCUT2D eigenvalue weighted by molar-refractivity contribution is 7.91. The summed E-state index contributed by atoms with van der Waals surface area (Å²) in [4.78, 5) is 25.3. The van der Waals surface area contributed by atoms with Crippen molar-refractivity contribution in [1.82, 2.24) is 4.72 Å². The molecule has 1 aromatic rings.